The third-order valence-electron chi connectivity index (χ3n) is 3.31. The summed E-state index contributed by atoms with van der Waals surface area (Å²) < 4.78 is 37.8. The fourth-order valence-corrected chi connectivity index (χ4v) is 2.37. The van der Waals surface area contributed by atoms with E-state index in [0.717, 1.165) is 0 Å². The third kappa shape index (κ3) is 3.90. The van der Waals surface area contributed by atoms with Crippen molar-refractivity contribution < 1.29 is 22.7 Å². The van der Waals surface area contributed by atoms with Crippen molar-refractivity contribution >= 4 is 21.9 Å². The minimum absolute atomic E-state index is 0.0465. The standard InChI is InChI=1S/C17H11BrF2N2O3/c1-9(24-17(23)13-7-4-11(18)8-14(13)20)15-21-22-16(25-15)10-2-5-12(19)6-3-10/h2-9H,1H3/t9-/m0/s1. The van der Waals surface area contributed by atoms with Gasteiger partial charge in [-0.1, -0.05) is 15.9 Å². The van der Waals surface area contributed by atoms with Crippen LogP contribution >= 0.6 is 15.9 Å². The summed E-state index contributed by atoms with van der Waals surface area (Å²) in [5, 5.41) is 7.64. The van der Waals surface area contributed by atoms with E-state index in [2.05, 4.69) is 26.1 Å². The molecule has 25 heavy (non-hydrogen) atoms. The molecule has 5 nitrogen and oxygen atoms in total. The van der Waals surface area contributed by atoms with Crippen LogP contribution in [-0.4, -0.2) is 16.2 Å². The molecule has 0 fully saturated rings. The summed E-state index contributed by atoms with van der Waals surface area (Å²) in [6.45, 7) is 1.52. The lowest BCUT2D eigenvalue weighted by atomic mass is 10.2. The molecule has 0 radical (unpaired) electrons. The Balaban J connectivity index is 1.74. The molecule has 0 unspecified atom stereocenters. The van der Waals surface area contributed by atoms with E-state index in [9.17, 15) is 13.6 Å². The summed E-state index contributed by atoms with van der Waals surface area (Å²) in [5.41, 5.74) is 0.325. The molecule has 0 bridgehead atoms. The number of hydrogen-bond acceptors (Lipinski definition) is 5. The van der Waals surface area contributed by atoms with Crippen LogP contribution in [-0.2, 0) is 4.74 Å². The van der Waals surface area contributed by atoms with Crippen LogP contribution in [0.25, 0.3) is 11.5 Å². The van der Waals surface area contributed by atoms with Gasteiger partial charge >= 0.3 is 5.97 Å². The van der Waals surface area contributed by atoms with Gasteiger partial charge in [-0.25, -0.2) is 13.6 Å². The summed E-state index contributed by atoms with van der Waals surface area (Å²) in [6, 6.07) is 9.51. The Kier molecular flexibility index (Phi) is 4.89. The van der Waals surface area contributed by atoms with Crippen molar-refractivity contribution in [2.45, 2.75) is 13.0 Å². The van der Waals surface area contributed by atoms with E-state index < -0.39 is 17.9 Å². The quantitative estimate of drug-likeness (QED) is 0.585. The third-order valence-corrected chi connectivity index (χ3v) is 3.81. The van der Waals surface area contributed by atoms with Crippen LogP contribution in [0.4, 0.5) is 8.78 Å². The zero-order valence-corrected chi connectivity index (χ0v) is 14.5. The van der Waals surface area contributed by atoms with Gasteiger partial charge in [0.1, 0.15) is 11.6 Å². The average Bonchev–Trinajstić information content (AvgIpc) is 3.05. The second-order valence-electron chi connectivity index (χ2n) is 5.12. The number of halogens is 3. The summed E-state index contributed by atoms with van der Waals surface area (Å²) >= 11 is 3.11. The van der Waals surface area contributed by atoms with E-state index in [4.69, 9.17) is 9.15 Å². The maximum absolute atomic E-state index is 13.8. The topological polar surface area (TPSA) is 65.2 Å². The van der Waals surface area contributed by atoms with Gasteiger partial charge in [0.2, 0.25) is 5.89 Å². The van der Waals surface area contributed by atoms with E-state index in [1.807, 2.05) is 0 Å². The van der Waals surface area contributed by atoms with Gasteiger partial charge in [-0.2, -0.15) is 0 Å². The summed E-state index contributed by atoms with van der Waals surface area (Å²) in [6.07, 6.45) is -0.878. The van der Waals surface area contributed by atoms with Gasteiger partial charge in [0.15, 0.2) is 6.10 Å². The number of benzene rings is 2. The number of nitrogens with zero attached hydrogens (tertiary/aromatic N) is 2. The van der Waals surface area contributed by atoms with Crippen LogP contribution in [0, 0.1) is 11.6 Å². The molecule has 3 rings (SSSR count). The molecule has 3 aromatic rings. The SMILES string of the molecule is C[C@H](OC(=O)c1ccc(Br)cc1F)c1nnc(-c2ccc(F)cc2)o1. The van der Waals surface area contributed by atoms with Gasteiger partial charge in [-0.3, -0.25) is 0 Å². The molecule has 1 atom stereocenters. The molecule has 1 heterocycles. The molecular formula is C17H11BrF2N2O3. The summed E-state index contributed by atoms with van der Waals surface area (Å²) in [5.74, 6) is -1.73. The molecule has 0 N–H and O–H groups in total. The molecule has 0 saturated carbocycles. The number of carbonyl (C=O) groups is 1. The number of ether oxygens (including phenoxy) is 1. The zero-order chi connectivity index (χ0) is 18.0. The molecule has 0 aliphatic heterocycles. The average molecular weight is 409 g/mol. The highest BCUT2D eigenvalue weighted by Crippen LogP contribution is 2.24. The van der Waals surface area contributed by atoms with E-state index in [0.29, 0.717) is 10.0 Å². The van der Waals surface area contributed by atoms with Crippen LogP contribution in [0.15, 0.2) is 51.4 Å². The molecule has 2 aromatic carbocycles. The molecule has 8 heteroatoms. The smallest absolute Gasteiger partial charge is 0.341 e. The Labute approximate surface area is 149 Å². The highest BCUT2D eigenvalue weighted by Gasteiger charge is 2.22. The fraction of sp³-hybridized carbons (Fsp3) is 0.118. The summed E-state index contributed by atoms with van der Waals surface area (Å²) in [7, 11) is 0. The Morgan fingerprint density at radius 3 is 2.56 bits per heavy atom. The van der Waals surface area contributed by atoms with Crippen molar-refractivity contribution in [3.05, 3.63) is 70.0 Å². The van der Waals surface area contributed by atoms with Crippen LogP contribution < -0.4 is 0 Å². The van der Waals surface area contributed by atoms with E-state index >= 15 is 0 Å². The van der Waals surface area contributed by atoms with Crippen LogP contribution in [0.1, 0.15) is 29.3 Å². The molecule has 1 aromatic heterocycles. The van der Waals surface area contributed by atoms with E-state index in [1.165, 1.54) is 49.4 Å². The minimum atomic E-state index is -0.878. The first-order valence-electron chi connectivity index (χ1n) is 7.19. The van der Waals surface area contributed by atoms with Gasteiger partial charge in [0.05, 0.1) is 5.56 Å². The van der Waals surface area contributed by atoms with Crippen molar-refractivity contribution in [1.82, 2.24) is 10.2 Å². The van der Waals surface area contributed by atoms with Gasteiger partial charge in [-0.15, -0.1) is 10.2 Å². The maximum atomic E-state index is 13.8. The molecule has 0 aliphatic carbocycles. The number of carbonyl (C=O) groups excluding carboxylic acids is 1. The highest BCUT2D eigenvalue weighted by atomic mass is 79.9. The first-order chi connectivity index (χ1) is 11.9. The van der Waals surface area contributed by atoms with Gasteiger partial charge in [0.25, 0.3) is 5.89 Å². The second kappa shape index (κ2) is 7.10. The van der Waals surface area contributed by atoms with Crippen LogP contribution in [0.5, 0.6) is 0 Å². The van der Waals surface area contributed by atoms with Crippen LogP contribution in [0.3, 0.4) is 0 Å². The molecule has 0 amide bonds. The molecule has 0 saturated heterocycles. The van der Waals surface area contributed by atoms with Crippen molar-refractivity contribution in [2.75, 3.05) is 0 Å². The Bertz CT molecular complexity index is 913. The lowest BCUT2D eigenvalue weighted by Gasteiger charge is -2.10. The van der Waals surface area contributed by atoms with E-state index in [-0.39, 0.29) is 23.2 Å². The number of aromatic nitrogens is 2. The van der Waals surface area contributed by atoms with Crippen molar-refractivity contribution in [2.24, 2.45) is 0 Å². The number of hydrogen-bond donors (Lipinski definition) is 0. The lowest BCUT2D eigenvalue weighted by molar-refractivity contribution is 0.0274. The van der Waals surface area contributed by atoms with Crippen molar-refractivity contribution in [3.63, 3.8) is 0 Å². The minimum Gasteiger partial charge on any atom is -0.449 e. The van der Waals surface area contributed by atoms with Crippen molar-refractivity contribution in [1.29, 1.82) is 0 Å². The molecule has 0 aliphatic rings. The van der Waals surface area contributed by atoms with Crippen LogP contribution in [0.2, 0.25) is 0 Å². The lowest BCUT2D eigenvalue weighted by Crippen LogP contribution is -2.11. The Morgan fingerprint density at radius 2 is 1.88 bits per heavy atom. The van der Waals surface area contributed by atoms with Gasteiger partial charge < -0.3 is 9.15 Å². The normalized spacial score (nSPS) is 12.0. The van der Waals surface area contributed by atoms with Crippen molar-refractivity contribution in [3.8, 4) is 11.5 Å². The monoisotopic (exact) mass is 408 g/mol. The fourth-order valence-electron chi connectivity index (χ4n) is 2.04. The predicted molar refractivity (Wildman–Crippen MR) is 87.6 cm³/mol. The predicted octanol–water partition coefficient (Wildman–Crippen LogP) is 4.70. The Hall–Kier alpha value is -2.61. The number of esters is 1. The molecule has 0 spiro atoms. The van der Waals surface area contributed by atoms with E-state index in [1.54, 1.807) is 0 Å². The number of rotatable bonds is 4. The second-order valence-corrected chi connectivity index (χ2v) is 6.04. The molecular weight excluding hydrogens is 398 g/mol. The van der Waals surface area contributed by atoms with Gasteiger partial charge in [0, 0.05) is 10.0 Å². The van der Waals surface area contributed by atoms with Gasteiger partial charge in [-0.05, 0) is 49.4 Å². The maximum Gasteiger partial charge on any atom is 0.341 e. The largest absolute Gasteiger partial charge is 0.449 e. The first-order valence-corrected chi connectivity index (χ1v) is 7.98. The summed E-state index contributed by atoms with van der Waals surface area (Å²) in [4.78, 5) is 12.1. The highest BCUT2D eigenvalue weighted by molar-refractivity contribution is 9.10. The Morgan fingerprint density at radius 1 is 1.16 bits per heavy atom. The first kappa shape index (κ1) is 17.2. The molecule has 128 valence electrons. The zero-order valence-electron chi connectivity index (χ0n) is 12.9.